The van der Waals surface area contributed by atoms with Crippen LogP contribution in [0, 0.1) is 0 Å². The van der Waals surface area contributed by atoms with Crippen molar-refractivity contribution in [1.82, 2.24) is 0 Å². The van der Waals surface area contributed by atoms with Gasteiger partial charge in [0, 0.05) is 60.9 Å². The van der Waals surface area contributed by atoms with Crippen LogP contribution in [0.25, 0.3) is 98.4 Å². The monoisotopic (exact) mass is 767 g/mol. The quantitative estimate of drug-likeness (QED) is 0.167. The highest BCUT2D eigenvalue weighted by Gasteiger charge is 2.36. The Morgan fingerprint density at radius 2 is 0.967 bits per heavy atom. The summed E-state index contributed by atoms with van der Waals surface area (Å²) in [6.45, 7) is 4.70. The molecule has 0 fully saturated rings. The van der Waals surface area contributed by atoms with Gasteiger partial charge < -0.3 is 13.7 Å². The molecule has 2 aromatic heterocycles. The van der Waals surface area contributed by atoms with Crippen molar-refractivity contribution >= 4 is 93.3 Å². The maximum Gasteiger partial charge on any atom is 0.144 e. The number of rotatable bonds is 4. The van der Waals surface area contributed by atoms with E-state index in [4.69, 9.17) is 8.83 Å². The number of anilines is 3. The van der Waals surface area contributed by atoms with Gasteiger partial charge in [0.15, 0.2) is 0 Å². The maximum absolute atomic E-state index is 7.17. The summed E-state index contributed by atoms with van der Waals surface area (Å²) in [6, 6.07) is 68.2. The van der Waals surface area contributed by atoms with Crippen LogP contribution in [0.2, 0.25) is 0 Å². The van der Waals surface area contributed by atoms with E-state index in [-0.39, 0.29) is 5.41 Å². The van der Waals surface area contributed by atoms with Gasteiger partial charge in [-0.1, -0.05) is 153 Å². The van der Waals surface area contributed by atoms with Gasteiger partial charge in [0.05, 0.1) is 5.69 Å². The first kappa shape index (κ1) is 33.4. The maximum atomic E-state index is 7.17. The number of hydrogen-bond donors (Lipinski definition) is 0. The second kappa shape index (κ2) is 12.2. The Morgan fingerprint density at radius 1 is 0.367 bits per heavy atom. The molecule has 2 heterocycles. The zero-order valence-electron chi connectivity index (χ0n) is 33.2. The Kier molecular flexibility index (Phi) is 6.78. The molecule has 0 saturated heterocycles. The molecule has 0 bridgehead atoms. The second-order valence-electron chi connectivity index (χ2n) is 16.8. The number of nitrogens with zero attached hydrogens (tertiary/aromatic N) is 1. The molecular formula is C57H37NO2. The van der Waals surface area contributed by atoms with E-state index in [0.29, 0.717) is 0 Å². The molecule has 10 aromatic carbocycles. The highest BCUT2D eigenvalue weighted by Crippen LogP contribution is 2.52. The average Bonchev–Trinajstić information content (AvgIpc) is 3.93. The molecule has 0 aliphatic heterocycles. The Morgan fingerprint density at radius 3 is 1.83 bits per heavy atom. The summed E-state index contributed by atoms with van der Waals surface area (Å²) in [6.07, 6.45) is 0. The average molecular weight is 768 g/mol. The van der Waals surface area contributed by atoms with Gasteiger partial charge in [-0.2, -0.15) is 0 Å². The van der Waals surface area contributed by atoms with E-state index in [2.05, 4.69) is 195 Å². The summed E-state index contributed by atoms with van der Waals surface area (Å²) >= 11 is 0. The normalized spacial score (nSPS) is 13.3. The standard InChI is InChI=1S/C57H37NO2/c1-57(2)49-24-11-9-19-41(49)42-28-26-36(32-50(42)57)58(51-31-35-15-3-5-16-38(35)40-18-7-8-20-43(40)51)37-27-29-45-48-30-34-14-4-6-17-39(34)54(56(48)60-53(45)33-37)47-23-13-22-46-44-21-10-12-25-52(44)59-55(46)47/h3-33H,1-2H3. The van der Waals surface area contributed by atoms with Gasteiger partial charge in [0.25, 0.3) is 0 Å². The molecule has 12 aromatic rings. The van der Waals surface area contributed by atoms with Gasteiger partial charge in [0.1, 0.15) is 22.3 Å². The van der Waals surface area contributed by atoms with Crippen LogP contribution in [0.3, 0.4) is 0 Å². The van der Waals surface area contributed by atoms with Crippen molar-refractivity contribution in [3.63, 3.8) is 0 Å². The van der Waals surface area contributed by atoms with Crippen LogP contribution in [0.4, 0.5) is 17.1 Å². The largest absolute Gasteiger partial charge is 0.455 e. The predicted octanol–water partition coefficient (Wildman–Crippen LogP) is 16.4. The van der Waals surface area contributed by atoms with Crippen LogP contribution in [-0.4, -0.2) is 0 Å². The molecule has 0 atom stereocenters. The van der Waals surface area contributed by atoms with Crippen LogP contribution < -0.4 is 4.90 Å². The Hall–Kier alpha value is -7.62. The predicted molar refractivity (Wildman–Crippen MR) is 251 cm³/mol. The number of furan rings is 2. The molecule has 0 amide bonds. The molecule has 0 spiro atoms. The Balaban J connectivity index is 1.08. The van der Waals surface area contributed by atoms with Crippen molar-refractivity contribution in [2.45, 2.75) is 19.3 Å². The molecule has 0 saturated carbocycles. The van der Waals surface area contributed by atoms with Crippen LogP contribution >= 0.6 is 0 Å². The Bertz CT molecular complexity index is 3770. The molecule has 0 unspecified atom stereocenters. The third kappa shape index (κ3) is 4.60. The molecule has 13 rings (SSSR count). The minimum atomic E-state index is -0.150. The minimum Gasteiger partial charge on any atom is -0.455 e. The van der Waals surface area contributed by atoms with Crippen LogP contribution in [0.5, 0.6) is 0 Å². The second-order valence-corrected chi connectivity index (χ2v) is 16.8. The fraction of sp³-hybridized carbons (Fsp3) is 0.0526. The van der Waals surface area contributed by atoms with Gasteiger partial charge in [-0.05, 0) is 91.6 Å². The van der Waals surface area contributed by atoms with Crippen molar-refractivity contribution in [1.29, 1.82) is 0 Å². The van der Waals surface area contributed by atoms with E-state index in [1.807, 2.05) is 12.1 Å². The fourth-order valence-corrected chi connectivity index (χ4v) is 10.4. The highest BCUT2D eigenvalue weighted by atomic mass is 16.3. The van der Waals surface area contributed by atoms with Gasteiger partial charge in [-0.3, -0.25) is 0 Å². The smallest absolute Gasteiger partial charge is 0.144 e. The first-order valence-electron chi connectivity index (χ1n) is 20.7. The molecule has 282 valence electrons. The summed E-state index contributed by atoms with van der Waals surface area (Å²) in [7, 11) is 0. The van der Waals surface area contributed by atoms with Crippen molar-refractivity contribution in [3.05, 3.63) is 199 Å². The number of fused-ring (bicyclic) bond motifs is 13. The van der Waals surface area contributed by atoms with E-state index in [9.17, 15) is 0 Å². The number of benzene rings is 10. The van der Waals surface area contributed by atoms with Gasteiger partial charge in [-0.25, -0.2) is 0 Å². The molecule has 1 aliphatic rings. The molecule has 1 aliphatic carbocycles. The molecule has 3 nitrogen and oxygen atoms in total. The highest BCUT2D eigenvalue weighted by molar-refractivity contribution is 6.22. The first-order valence-corrected chi connectivity index (χ1v) is 20.7. The third-order valence-corrected chi connectivity index (χ3v) is 13.2. The molecule has 0 N–H and O–H groups in total. The lowest BCUT2D eigenvalue weighted by Crippen LogP contribution is -2.16. The van der Waals surface area contributed by atoms with E-state index >= 15 is 0 Å². The number of hydrogen-bond acceptors (Lipinski definition) is 3. The van der Waals surface area contributed by atoms with Crippen molar-refractivity contribution < 1.29 is 8.83 Å². The number of para-hydroxylation sites is 2. The van der Waals surface area contributed by atoms with Crippen molar-refractivity contribution in [2.24, 2.45) is 0 Å². The van der Waals surface area contributed by atoms with Crippen LogP contribution in [0.1, 0.15) is 25.0 Å². The zero-order valence-corrected chi connectivity index (χ0v) is 33.2. The molecule has 60 heavy (non-hydrogen) atoms. The molecule has 3 heteroatoms. The van der Waals surface area contributed by atoms with Crippen molar-refractivity contribution in [2.75, 3.05) is 4.90 Å². The van der Waals surface area contributed by atoms with E-state index in [1.54, 1.807) is 0 Å². The van der Waals surface area contributed by atoms with Gasteiger partial charge in [0.2, 0.25) is 0 Å². The van der Waals surface area contributed by atoms with E-state index in [1.165, 1.54) is 43.8 Å². The lowest BCUT2D eigenvalue weighted by molar-refractivity contribution is 0.660. The first-order chi connectivity index (χ1) is 29.5. The van der Waals surface area contributed by atoms with E-state index < -0.39 is 0 Å². The third-order valence-electron chi connectivity index (χ3n) is 13.2. The van der Waals surface area contributed by atoms with Gasteiger partial charge >= 0.3 is 0 Å². The summed E-state index contributed by atoms with van der Waals surface area (Å²) in [5.74, 6) is 0. The van der Waals surface area contributed by atoms with Crippen LogP contribution in [0.15, 0.2) is 197 Å². The molecule has 0 radical (unpaired) electrons. The van der Waals surface area contributed by atoms with Gasteiger partial charge in [-0.15, -0.1) is 0 Å². The summed E-state index contributed by atoms with van der Waals surface area (Å²) in [5.41, 5.74) is 13.9. The lowest BCUT2D eigenvalue weighted by Gasteiger charge is -2.29. The van der Waals surface area contributed by atoms with Crippen molar-refractivity contribution in [3.8, 4) is 22.3 Å². The minimum absolute atomic E-state index is 0.150. The van der Waals surface area contributed by atoms with Crippen LogP contribution in [-0.2, 0) is 5.41 Å². The summed E-state index contributed by atoms with van der Waals surface area (Å²) in [5, 5.41) is 11.5. The fourth-order valence-electron chi connectivity index (χ4n) is 10.4. The van der Waals surface area contributed by atoms with E-state index in [0.717, 1.165) is 82.8 Å². The Labute approximate surface area is 346 Å². The topological polar surface area (TPSA) is 29.5 Å². The zero-order chi connectivity index (χ0) is 39.7. The summed E-state index contributed by atoms with van der Waals surface area (Å²) < 4.78 is 13.8. The SMILES string of the molecule is CC1(C)c2ccccc2-c2ccc(N(c3ccc4c(c3)oc3c(-c5cccc6c5oc5ccccc56)c5ccccc5cc34)c3cc4ccccc4c4ccccc34)cc21. The molecular weight excluding hydrogens is 731 g/mol. The summed E-state index contributed by atoms with van der Waals surface area (Å²) in [4.78, 5) is 2.44. The lowest BCUT2D eigenvalue weighted by atomic mass is 9.82.